The highest BCUT2D eigenvalue weighted by molar-refractivity contribution is 6.02. The maximum Gasteiger partial charge on any atom is 0.336 e. The highest BCUT2D eigenvalue weighted by atomic mass is 16.4. The van der Waals surface area contributed by atoms with Crippen molar-refractivity contribution in [1.82, 2.24) is 14.8 Å². The first-order valence-corrected chi connectivity index (χ1v) is 5.45. The van der Waals surface area contributed by atoms with E-state index in [4.69, 9.17) is 10.2 Å². The number of aryl methyl sites for hydroxylation is 2. The first kappa shape index (κ1) is 12.8. The number of carbonyl (C=O) groups is 2. The van der Waals surface area contributed by atoms with Crippen LogP contribution in [0.1, 0.15) is 22.5 Å². The number of aromatic nitrogens is 3. The second kappa shape index (κ2) is 4.56. The lowest BCUT2D eigenvalue weighted by molar-refractivity contribution is -0.137. The molecule has 2 heterocycles. The Kier molecular flexibility index (Phi) is 3.07. The number of nitrogens with zero attached hydrogens (tertiary/aromatic N) is 2. The quantitative estimate of drug-likeness (QED) is 0.725. The van der Waals surface area contributed by atoms with E-state index < -0.39 is 17.5 Å². The van der Waals surface area contributed by atoms with Crippen LogP contribution in [0.3, 0.4) is 0 Å². The zero-order valence-electron chi connectivity index (χ0n) is 10.0. The summed E-state index contributed by atoms with van der Waals surface area (Å²) in [6.45, 7) is 1.66. The summed E-state index contributed by atoms with van der Waals surface area (Å²) >= 11 is 0. The third-order valence-electron chi connectivity index (χ3n) is 2.68. The fourth-order valence-corrected chi connectivity index (χ4v) is 1.92. The molecular formula is C11H11N3O5. The molecule has 0 saturated carbocycles. The van der Waals surface area contributed by atoms with Crippen LogP contribution in [0.25, 0.3) is 11.0 Å². The van der Waals surface area contributed by atoms with Crippen molar-refractivity contribution in [3.63, 3.8) is 0 Å². The molecule has 2 aromatic heterocycles. The monoisotopic (exact) mass is 265 g/mol. The van der Waals surface area contributed by atoms with E-state index in [0.29, 0.717) is 11.1 Å². The molecule has 0 unspecified atom stereocenters. The van der Waals surface area contributed by atoms with Crippen LogP contribution in [0.5, 0.6) is 0 Å². The van der Waals surface area contributed by atoms with Crippen LogP contribution in [0, 0.1) is 6.92 Å². The normalized spacial score (nSPS) is 10.8. The van der Waals surface area contributed by atoms with Crippen molar-refractivity contribution in [3.8, 4) is 0 Å². The largest absolute Gasteiger partial charge is 0.481 e. The molecule has 0 fully saturated rings. The number of hydrogen-bond donors (Lipinski definition) is 3. The van der Waals surface area contributed by atoms with Gasteiger partial charge >= 0.3 is 11.9 Å². The topological polar surface area (TPSA) is 125 Å². The molecule has 0 amide bonds. The number of hydrogen-bond acceptors (Lipinski definition) is 4. The number of rotatable bonds is 4. The smallest absolute Gasteiger partial charge is 0.336 e. The number of nitrogens with one attached hydrogen (secondary N) is 1. The second-order valence-corrected chi connectivity index (χ2v) is 4.03. The van der Waals surface area contributed by atoms with Crippen LogP contribution >= 0.6 is 0 Å². The number of H-pyrrole nitrogens is 1. The van der Waals surface area contributed by atoms with E-state index >= 15 is 0 Å². The molecular weight excluding hydrogens is 254 g/mol. The predicted molar refractivity (Wildman–Crippen MR) is 64.3 cm³/mol. The lowest BCUT2D eigenvalue weighted by Gasteiger charge is -2.01. The van der Waals surface area contributed by atoms with Gasteiger partial charge in [-0.25, -0.2) is 9.48 Å². The number of fused-ring (bicyclic) bond motifs is 1. The summed E-state index contributed by atoms with van der Waals surface area (Å²) in [6.07, 6.45) is -0.171. The minimum absolute atomic E-state index is 0.0543. The first-order valence-electron chi connectivity index (χ1n) is 5.45. The number of carboxylic acids is 2. The van der Waals surface area contributed by atoms with Crippen molar-refractivity contribution in [3.05, 3.63) is 27.7 Å². The summed E-state index contributed by atoms with van der Waals surface area (Å²) in [4.78, 5) is 35.6. The molecule has 3 N–H and O–H groups in total. The van der Waals surface area contributed by atoms with Crippen LogP contribution in [-0.4, -0.2) is 36.9 Å². The standard InChI is InChI=1S/C11H11N3O5/c1-5-9-6(11(18)19)4-7(15)12-10(9)14(13-5)3-2-8(16)17/h4H,2-3H2,1H3,(H,12,15)(H,16,17)(H,18,19). The molecule has 0 radical (unpaired) electrons. The van der Waals surface area contributed by atoms with Crippen molar-refractivity contribution in [2.75, 3.05) is 0 Å². The van der Waals surface area contributed by atoms with Crippen LogP contribution in [-0.2, 0) is 11.3 Å². The molecule has 2 aromatic rings. The Bertz CT molecular complexity index is 728. The van der Waals surface area contributed by atoms with E-state index in [1.807, 2.05) is 0 Å². The van der Waals surface area contributed by atoms with Crippen molar-refractivity contribution < 1.29 is 19.8 Å². The van der Waals surface area contributed by atoms with Gasteiger partial charge in [0, 0.05) is 6.07 Å². The molecule has 0 atom stereocenters. The Morgan fingerprint density at radius 1 is 1.42 bits per heavy atom. The predicted octanol–water partition coefficient (Wildman–Crippen LogP) is 0.206. The lowest BCUT2D eigenvalue weighted by atomic mass is 10.1. The van der Waals surface area contributed by atoms with Gasteiger partial charge in [0.25, 0.3) is 0 Å². The van der Waals surface area contributed by atoms with Gasteiger partial charge in [0.2, 0.25) is 5.56 Å². The summed E-state index contributed by atoms with van der Waals surface area (Å²) in [5.41, 5.74) is -0.0584. The molecule has 2 rings (SSSR count). The second-order valence-electron chi connectivity index (χ2n) is 4.03. The zero-order chi connectivity index (χ0) is 14.2. The van der Waals surface area contributed by atoms with Crippen LogP contribution in [0.4, 0.5) is 0 Å². The highest BCUT2D eigenvalue weighted by Crippen LogP contribution is 2.19. The summed E-state index contributed by atoms with van der Waals surface area (Å²) < 4.78 is 1.30. The Labute approximate surface area is 106 Å². The van der Waals surface area contributed by atoms with Gasteiger partial charge in [0.05, 0.1) is 29.6 Å². The Morgan fingerprint density at radius 3 is 2.68 bits per heavy atom. The number of aromatic carboxylic acids is 1. The summed E-state index contributed by atoms with van der Waals surface area (Å²) in [7, 11) is 0. The molecule has 8 heteroatoms. The third kappa shape index (κ3) is 2.32. The average Bonchev–Trinajstić information content (AvgIpc) is 2.62. The fourth-order valence-electron chi connectivity index (χ4n) is 1.92. The van der Waals surface area contributed by atoms with Gasteiger partial charge < -0.3 is 15.2 Å². The Balaban J connectivity index is 2.66. The molecule has 0 aliphatic carbocycles. The maximum atomic E-state index is 11.4. The Hall–Kier alpha value is -2.64. The lowest BCUT2D eigenvalue weighted by Crippen LogP contribution is -2.13. The van der Waals surface area contributed by atoms with Crippen molar-refractivity contribution in [2.24, 2.45) is 0 Å². The highest BCUT2D eigenvalue weighted by Gasteiger charge is 2.17. The van der Waals surface area contributed by atoms with Crippen molar-refractivity contribution in [2.45, 2.75) is 19.9 Å². The van der Waals surface area contributed by atoms with Gasteiger partial charge in [-0.2, -0.15) is 5.10 Å². The van der Waals surface area contributed by atoms with Gasteiger partial charge in [-0.15, -0.1) is 0 Å². The summed E-state index contributed by atoms with van der Waals surface area (Å²) in [5.74, 6) is -2.23. The average molecular weight is 265 g/mol. The Morgan fingerprint density at radius 2 is 2.11 bits per heavy atom. The molecule has 0 spiro atoms. The summed E-state index contributed by atoms with van der Waals surface area (Å²) in [6, 6.07) is 0.987. The van der Waals surface area contributed by atoms with Crippen molar-refractivity contribution in [1.29, 1.82) is 0 Å². The third-order valence-corrected chi connectivity index (χ3v) is 2.68. The van der Waals surface area contributed by atoms with Crippen LogP contribution in [0.2, 0.25) is 0 Å². The van der Waals surface area contributed by atoms with Gasteiger partial charge in [-0.05, 0) is 6.92 Å². The minimum atomic E-state index is -1.23. The van der Waals surface area contributed by atoms with E-state index in [9.17, 15) is 14.4 Å². The molecule has 8 nitrogen and oxygen atoms in total. The SMILES string of the molecule is Cc1nn(CCC(=O)O)c2[nH]c(=O)cc(C(=O)O)c12. The maximum absolute atomic E-state index is 11.4. The number of carboxylic acid groups (broad SMARTS) is 2. The van der Waals surface area contributed by atoms with Gasteiger partial charge in [0.1, 0.15) is 5.65 Å². The van der Waals surface area contributed by atoms with E-state index in [1.165, 1.54) is 4.68 Å². The zero-order valence-corrected chi connectivity index (χ0v) is 10.0. The number of pyridine rings is 1. The molecule has 0 saturated heterocycles. The molecule has 0 bridgehead atoms. The fraction of sp³-hybridized carbons (Fsp3) is 0.273. The van der Waals surface area contributed by atoms with E-state index in [0.717, 1.165) is 6.07 Å². The first-order chi connectivity index (χ1) is 8.90. The number of aliphatic carboxylic acids is 1. The van der Waals surface area contributed by atoms with Gasteiger partial charge in [-0.3, -0.25) is 9.59 Å². The molecule has 100 valence electrons. The molecule has 0 aromatic carbocycles. The van der Waals surface area contributed by atoms with Crippen molar-refractivity contribution >= 4 is 23.0 Å². The number of aromatic amines is 1. The van der Waals surface area contributed by atoms with Crippen LogP contribution < -0.4 is 5.56 Å². The van der Waals surface area contributed by atoms with Gasteiger partial charge in [0.15, 0.2) is 0 Å². The van der Waals surface area contributed by atoms with E-state index in [2.05, 4.69) is 10.1 Å². The van der Waals surface area contributed by atoms with Gasteiger partial charge in [-0.1, -0.05) is 0 Å². The van der Waals surface area contributed by atoms with Crippen LogP contribution in [0.15, 0.2) is 10.9 Å². The van der Waals surface area contributed by atoms with E-state index in [1.54, 1.807) is 6.92 Å². The molecule has 0 aliphatic heterocycles. The molecule has 0 aliphatic rings. The van der Waals surface area contributed by atoms with E-state index in [-0.39, 0.29) is 24.2 Å². The minimum Gasteiger partial charge on any atom is -0.481 e. The summed E-state index contributed by atoms with van der Waals surface area (Å²) in [5, 5.41) is 22.1. The molecule has 19 heavy (non-hydrogen) atoms.